The van der Waals surface area contributed by atoms with Crippen molar-refractivity contribution < 1.29 is 9.18 Å². The summed E-state index contributed by atoms with van der Waals surface area (Å²) in [4.78, 5) is 20.8. The molecule has 1 aromatic heterocycles. The summed E-state index contributed by atoms with van der Waals surface area (Å²) in [6.45, 7) is 4.69. The number of nitrogens with zero attached hydrogens (tertiary/aromatic N) is 3. The van der Waals surface area contributed by atoms with Crippen molar-refractivity contribution in [3.05, 3.63) is 18.2 Å². The quantitative estimate of drug-likeness (QED) is 0.869. The molecule has 1 aliphatic rings. The molecule has 1 N–H and O–H groups in total. The molecule has 2 rings (SSSR count). The van der Waals surface area contributed by atoms with E-state index in [4.69, 9.17) is 0 Å². The number of rotatable bonds is 3. The van der Waals surface area contributed by atoms with Crippen LogP contribution in [0.4, 0.5) is 15.1 Å². The molecule has 92 valence electrons. The van der Waals surface area contributed by atoms with Crippen molar-refractivity contribution in [1.82, 2.24) is 15.3 Å². The molecule has 1 fully saturated rings. The summed E-state index contributed by atoms with van der Waals surface area (Å²) in [5.74, 6) is 0.130. The predicted octanol–water partition coefficient (Wildman–Crippen LogP) is 1.56. The van der Waals surface area contributed by atoms with E-state index in [-0.39, 0.29) is 18.0 Å². The summed E-state index contributed by atoms with van der Waals surface area (Å²) in [5.41, 5.74) is 0. The maximum atomic E-state index is 12.7. The number of hydrogen-bond donors (Lipinski definition) is 1. The van der Waals surface area contributed by atoms with E-state index in [9.17, 15) is 9.18 Å². The first-order valence-electron chi connectivity index (χ1n) is 5.67. The molecule has 1 aliphatic heterocycles. The lowest BCUT2D eigenvalue weighted by molar-refractivity contribution is 0.249. The Bertz CT molecular complexity index is 408. The number of aromatic nitrogens is 2. The van der Waals surface area contributed by atoms with Gasteiger partial charge in [-0.1, -0.05) is 20.3 Å². The van der Waals surface area contributed by atoms with E-state index in [2.05, 4.69) is 29.1 Å². The molecule has 0 radical (unpaired) electrons. The van der Waals surface area contributed by atoms with Crippen molar-refractivity contribution in [1.29, 1.82) is 0 Å². The zero-order valence-corrected chi connectivity index (χ0v) is 9.85. The van der Waals surface area contributed by atoms with Crippen LogP contribution in [0.3, 0.4) is 0 Å². The minimum absolute atomic E-state index is 0.0983. The molecule has 0 aromatic carbocycles. The number of carbonyl (C=O) groups excluding carboxylic acids is 1. The molecule has 5 nitrogen and oxygen atoms in total. The first-order valence-corrected chi connectivity index (χ1v) is 5.67. The lowest BCUT2D eigenvalue weighted by Crippen LogP contribution is -2.32. The fourth-order valence-electron chi connectivity index (χ4n) is 1.79. The van der Waals surface area contributed by atoms with Gasteiger partial charge in [0.25, 0.3) is 0 Å². The molecule has 2 heterocycles. The van der Waals surface area contributed by atoms with Crippen LogP contribution in [0.2, 0.25) is 0 Å². The fraction of sp³-hybridized carbons (Fsp3) is 0.545. The Morgan fingerprint density at radius 2 is 2.24 bits per heavy atom. The maximum absolute atomic E-state index is 12.7. The molecule has 17 heavy (non-hydrogen) atoms. The van der Waals surface area contributed by atoms with Gasteiger partial charge in [-0.05, 0) is 5.92 Å². The molecule has 0 bridgehead atoms. The van der Waals surface area contributed by atoms with Crippen molar-refractivity contribution in [3.63, 3.8) is 0 Å². The van der Waals surface area contributed by atoms with Crippen LogP contribution in [0.15, 0.2) is 12.4 Å². The van der Waals surface area contributed by atoms with Gasteiger partial charge in [0.1, 0.15) is 0 Å². The van der Waals surface area contributed by atoms with Gasteiger partial charge >= 0.3 is 6.03 Å². The van der Waals surface area contributed by atoms with Gasteiger partial charge in [-0.3, -0.25) is 4.90 Å². The Morgan fingerprint density at radius 1 is 1.59 bits per heavy atom. The average molecular weight is 238 g/mol. The third-order valence-electron chi connectivity index (χ3n) is 3.11. The number of hydrogen-bond acceptors (Lipinski definition) is 3. The monoisotopic (exact) mass is 238 g/mol. The summed E-state index contributed by atoms with van der Waals surface area (Å²) in [6, 6.07) is -0.122. The van der Waals surface area contributed by atoms with E-state index in [0.29, 0.717) is 12.5 Å². The van der Waals surface area contributed by atoms with Crippen LogP contribution in [0.25, 0.3) is 0 Å². The smallest absolute Gasteiger partial charge is 0.324 e. The van der Waals surface area contributed by atoms with Gasteiger partial charge in [0, 0.05) is 0 Å². The van der Waals surface area contributed by atoms with Gasteiger partial charge in [-0.15, -0.1) is 0 Å². The highest BCUT2D eigenvalue weighted by Gasteiger charge is 2.33. The van der Waals surface area contributed by atoms with E-state index in [0.717, 1.165) is 18.8 Å². The number of urea groups is 1. The van der Waals surface area contributed by atoms with Crippen LogP contribution in [0, 0.1) is 11.7 Å². The highest BCUT2D eigenvalue weighted by Crippen LogP contribution is 2.18. The summed E-state index contributed by atoms with van der Waals surface area (Å²) in [7, 11) is 0. The Kier molecular flexibility index (Phi) is 3.21. The Balaban J connectivity index is 2.13. The molecular formula is C11H15FN4O. The van der Waals surface area contributed by atoms with Crippen LogP contribution in [0.5, 0.6) is 0 Å². The van der Waals surface area contributed by atoms with Crippen LogP contribution in [-0.4, -0.2) is 28.6 Å². The molecule has 6 heteroatoms. The van der Waals surface area contributed by atoms with Gasteiger partial charge in [0.05, 0.1) is 25.0 Å². The molecule has 2 amide bonds. The Morgan fingerprint density at radius 3 is 2.82 bits per heavy atom. The zero-order chi connectivity index (χ0) is 12.4. The van der Waals surface area contributed by atoms with E-state index in [1.165, 1.54) is 4.90 Å². The largest absolute Gasteiger partial charge is 0.333 e. The number of carbonyl (C=O) groups is 1. The summed E-state index contributed by atoms with van der Waals surface area (Å²) < 4.78 is 12.7. The summed E-state index contributed by atoms with van der Waals surface area (Å²) in [6.07, 6.45) is 3.11. The second kappa shape index (κ2) is 4.65. The molecule has 1 aromatic rings. The molecule has 0 spiro atoms. The minimum Gasteiger partial charge on any atom is -0.333 e. The number of halogens is 1. The van der Waals surface area contributed by atoms with E-state index >= 15 is 0 Å². The normalized spacial score (nSPS) is 21.5. The van der Waals surface area contributed by atoms with Crippen LogP contribution in [0.1, 0.15) is 20.3 Å². The molecule has 0 aliphatic carbocycles. The standard InChI is InChI=1S/C11H15FN4O/c1-3-7(2)9-6-16(11(17)15-9)10-13-4-8(12)5-14-10/h4-5,7,9H,3,6H2,1-2H3,(H,15,17)/t7-,9+/m0/s1. The molecule has 1 saturated heterocycles. The molecule has 0 unspecified atom stereocenters. The van der Waals surface area contributed by atoms with Crippen molar-refractivity contribution in [3.8, 4) is 0 Å². The second-order valence-corrected chi connectivity index (χ2v) is 4.25. The van der Waals surface area contributed by atoms with Crippen LogP contribution >= 0.6 is 0 Å². The molecule has 2 atom stereocenters. The van der Waals surface area contributed by atoms with E-state index in [1.54, 1.807) is 0 Å². The zero-order valence-electron chi connectivity index (χ0n) is 9.85. The summed E-state index contributed by atoms with van der Waals surface area (Å²) in [5, 5.41) is 2.88. The van der Waals surface area contributed by atoms with Gasteiger partial charge in [-0.2, -0.15) is 0 Å². The van der Waals surface area contributed by atoms with Gasteiger partial charge in [-0.25, -0.2) is 19.2 Å². The molecule has 0 saturated carbocycles. The topological polar surface area (TPSA) is 58.1 Å². The van der Waals surface area contributed by atoms with Crippen molar-refractivity contribution in [2.24, 2.45) is 5.92 Å². The first-order chi connectivity index (χ1) is 8.11. The Labute approximate surface area is 99.1 Å². The van der Waals surface area contributed by atoms with Gasteiger partial charge in [0.2, 0.25) is 5.95 Å². The third kappa shape index (κ3) is 2.35. The number of nitrogens with one attached hydrogen (secondary N) is 1. The first kappa shape index (κ1) is 11.8. The summed E-state index contributed by atoms with van der Waals surface area (Å²) >= 11 is 0. The Hall–Kier alpha value is -1.72. The van der Waals surface area contributed by atoms with Crippen molar-refractivity contribution in [2.75, 3.05) is 11.4 Å². The number of anilines is 1. The lowest BCUT2D eigenvalue weighted by atomic mass is 10.0. The minimum atomic E-state index is -0.508. The van der Waals surface area contributed by atoms with Gasteiger partial charge < -0.3 is 5.32 Å². The highest BCUT2D eigenvalue weighted by molar-refractivity contribution is 5.92. The fourth-order valence-corrected chi connectivity index (χ4v) is 1.79. The maximum Gasteiger partial charge on any atom is 0.324 e. The SMILES string of the molecule is CC[C@H](C)[C@H]1CN(c2ncc(F)cn2)C(=O)N1. The average Bonchev–Trinajstić information content (AvgIpc) is 2.71. The van der Waals surface area contributed by atoms with Gasteiger partial charge in [0.15, 0.2) is 5.82 Å². The van der Waals surface area contributed by atoms with Crippen molar-refractivity contribution in [2.45, 2.75) is 26.3 Å². The van der Waals surface area contributed by atoms with Crippen LogP contribution < -0.4 is 10.2 Å². The number of amides is 2. The van der Waals surface area contributed by atoms with E-state index in [1.807, 2.05) is 0 Å². The lowest BCUT2D eigenvalue weighted by Gasteiger charge is -2.16. The third-order valence-corrected chi connectivity index (χ3v) is 3.11. The van der Waals surface area contributed by atoms with E-state index < -0.39 is 5.82 Å². The second-order valence-electron chi connectivity index (χ2n) is 4.25. The van der Waals surface area contributed by atoms with Crippen molar-refractivity contribution >= 4 is 12.0 Å². The highest BCUT2D eigenvalue weighted by atomic mass is 19.1. The predicted molar refractivity (Wildman–Crippen MR) is 61.1 cm³/mol. The molecular weight excluding hydrogens is 223 g/mol. The van der Waals surface area contributed by atoms with Crippen LogP contribution in [-0.2, 0) is 0 Å².